The van der Waals surface area contributed by atoms with Crippen LogP contribution >= 0.6 is 0 Å². The van der Waals surface area contributed by atoms with Crippen molar-refractivity contribution in [3.05, 3.63) is 67.7 Å². The highest BCUT2D eigenvalue weighted by Gasteiger charge is 2.19. The van der Waals surface area contributed by atoms with Gasteiger partial charge in [-0.2, -0.15) is 0 Å². The number of hydrogen-bond acceptors (Lipinski definition) is 3. The Labute approximate surface area is 158 Å². The number of halogens is 1. The van der Waals surface area contributed by atoms with Crippen LogP contribution < -0.4 is 11.2 Å². The van der Waals surface area contributed by atoms with Crippen molar-refractivity contribution in [1.82, 2.24) is 9.55 Å². The van der Waals surface area contributed by atoms with Gasteiger partial charge in [0.2, 0.25) is 0 Å². The fraction of sp³-hybridized carbons (Fsp3) is 0.524. The van der Waals surface area contributed by atoms with Gasteiger partial charge in [-0.25, -0.2) is 9.18 Å². The van der Waals surface area contributed by atoms with Gasteiger partial charge in [0.1, 0.15) is 12.5 Å². The van der Waals surface area contributed by atoms with Crippen LogP contribution in [0.1, 0.15) is 48.9 Å². The minimum atomic E-state index is -0.418. The first-order chi connectivity index (χ1) is 13.0. The molecule has 2 aromatic rings. The van der Waals surface area contributed by atoms with E-state index in [0.29, 0.717) is 24.5 Å². The highest BCUT2D eigenvalue weighted by molar-refractivity contribution is 5.17. The second-order valence-electron chi connectivity index (χ2n) is 7.38. The van der Waals surface area contributed by atoms with E-state index in [2.05, 4.69) is 4.98 Å². The Morgan fingerprint density at radius 2 is 1.85 bits per heavy atom. The van der Waals surface area contributed by atoms with Gasteiger partial charge in [-0.05, 0) is 43.4 Å². The van der Waals surface area contributed by atoms with Crippen molar-refractivity contribution in [3.8, 4) is 0 Å². The molecule has 1 saturated carbocycles. The van der Waals surface area contributed by atoms with Crippen molar-refractivity contribution in [1.29, 1.82) is 0 Å². The molecule has 0 saturated heterocycles. The molecule has 1 fully saturated rings. The highest BCUT2D eigenvalue weighted by atomic mass is 19.1. The van der Waals surface area contributed by atoms with Crippen molar-refractivity contribution >= 4 is 0 Å². The van der Waals surface area contributed by atoms with E-state index in [4.69, 9.17) is 4.74 Å². The monoisotopic (exact) mass is 374 g/mol. The number of ether oxygens (including phenoxy) is 1. The number of hydrogen-bond donors (Lipinski definition) is 1. The van der Waals surface area contributed by atoms with E-state index in [9.17, 15) is 14.0 Å². The van der Waals surface area contributed by atoms with Gasteiger partial charge in [0, 0.05) is 11.3 Å². The minimum Gasteiger partial charge on any atom is -0.360 e. The van der Waals surface area contributed by atoms with Gasteiger partial charge in [-0.15, -0.1) is 0 Å². The maximum Gasteiger partial charge on any atom is 0.330 e. The number of benzene rings is 1. The molecule has 0 aliphatic heterocycles. The molecular formula is C21H27FN2O3. The van der Waals surface area contributed by atoms with Gasteiger partial charge in [0.25, 0.3) is 5.56 Å². The Balaban J connectivity index is 1.67. The van der Waals surface area contributed by atoms with Gasteiger partial charge in [-0.1, -0.05) is 44.2 Å². The molecule has 3 rings (SSSR count). The van der Waals surface area contributed by atoms with Gasteiger partial charge in [-0.3, -0.25) is 14.3 Å². The topological polar surface area (TPSA) is 64.1 Å². The normalized spacial score (nSPS) is 15.2. The van der Waals surface area contributed by atoms with E-state index in [0.717, 1.165) is 30.5 Å². The third-order valence-corrected chi connectivity index (χ3v) is 5.44. The number of rotatable bonds is 7. The van der Waals surface area contributed by atoms with Crippen LogP contribution in [0.4, 0.5) is 4.39 Å². The van der Waals surface area contributed by atoms with Crippen molar-refractivity contribution in [2.24, 2.45) is 5.92 Å². The molecule has 0 amide bonds. The minimum absolute atomic E-state index is 0.111. The fourth-order valence-electron chi connectivity index (χ4n) is 3.78. The van der Waals surface area contributed by atoms with Crippen molar-refractivity contribution < 1.29 is 9.13 Å². The zero-order valence-electron chi connectivity index (χ0n) is 15.8. The highest BCUT2D eigenvalue weighted by Crippen LogP contribution is 2.27. The summed E-state index contributed by atoms with van der Waals surface area (Å²) in [6.45, 7) is 2.30. The molecule has 1 aliphatic carbocycles. The molecule has 0 radical (unpaired) electrons. The second-order valence-corrected chi connectivity index (χ2v) is 7.38. The van der Waals surface area contributed by atoms with Crippen LogP contribution in [-0.4, -0.2) is 16.2 Å². The summed E-state index contributed by atoms with van der Waals surface area (Å²) >= 11 is 0. The fourth-order valence-corrected chi connectivity index (χ4v) is 3.78. The number of H-pyrrole nitrogens is 1. The van der Waals surface area contributed by atoms with Crippen molar-refractivity contribution in [3.63, 3.8) is 0 Å². The Hall–Kier alpha value is -2.21. The maximum atomic E-state index is 12.9. The van der Waals surface area contributed by atoms with Gasteiger partial charge < -0.3 is 4.74 Å². The van der Waals surface area contributed by atoms with Crippen LogP contribution in [0.3, 0.4) is 0 Å². The molecule has 146 valence electrons. The van der Waals surface area contributed by atoms with E-state index in [1.54, 1.807) is 23.6 Å². The summed E-state index contributed by atoms with van der Waals surface area (Å²) in [4.78, 5) is 26.8. The third-order valence-electron chi connectivity index (χ3n) is 5.44. The Morgan fingerprint density at radius 3 is 2.56 bits per heavy atom. The molecule has 1 aliphatic rings. The van der Waals surface area contributed by atoms with E-state index in [1.807, 2.05) is 0 Å². The first-order valence-corrected chi connectivity index (χ1v) is 9.69. The molecule has 27 heavy (non-hydrogen) atoms. The Bertz CT molecular complexity index is 864. The molecule has 5 nitrogen and oxygen atoms in total. The van der Waals surface area contributed by atoms with Crippen molar-refractivity contribution in [2.75, 3.05) is 6.61 Å². The molecule has 0 unspecified atom stereocenters. The summed E-state index contributed by atoms with van der Waals surface area (Å²) in [5, 5.41) is 0. The lowest BCUT2D eigenvalue weighted by Crippen LogP contribution is -2.36. The summed E-state index contributed by atoms with van der Waals surface area (Å²) in [5.74, 6) is 0.256. The van der Waals surface area contributed by atoms with Crippen LogP contribution in [0.15, 0.2) is 33.9 Å². The van der Waals surface area contributed by atoms with Crippen LogP contribution in [0, 0.1) is 18.7 Å². The van der Waals surface area contributed by atoms with Crippen molar-refractivity contribution in [2.45, 2.75) is 58.6 Å². The molecular weight excluding hydrogens is 347 g/mol. The van der Waals surface area contributed by atoms with E-state index < -0.39 is 5.69 Å². The average Bonchev–Trinajstić information content (AvgIpc) is 2.67. The van der Waals surface area contributed by atoms with Crippen LogP contribution in [0.25, 0.3) is 0 Å². The van der Waals surface area contributed by atoms with Crippen LogP contribution in [-0.2, 0) is 24.3 Å². The van der Waals surface area contributed by atoms with E-state index >= 15 is 0 Å². The van der Waals surface area contributed by atoms with Gasteiger partial charge in [0.15, 0.2) is 0 Å². The van der Waals surface area contributed by atoms with Gasteiger partial charge >= 0.3 is 5.69 Å². The standard InChI is InChI=1S/C21H27FN2O3/c1-15-19(13-17-5-3-2-4-6-17)24(21(26)23-20(15)25)14-27-12-11-16-7-9-18(22)10-8-16/h7-10,17H,2-6,11-14H2,1H3,(H,23,25,26). The molecule has 6 heteroatoms. The number of aromatic nitrogens is 2. The first kappa shape index (κ1) is 19.5. The second kappa shape index (κ2) is 9.13. The Kier molecular flexibility index (Phi) is 6.61. The number of nitrogens with zero attached hydrogens (tertiary/aromatic N) is 1. The van der Waals surface area contributed by atoms with Gasteiger partial charge in [0.05, 0.1) is 6.61 Å². The van der Waals surface area contributed by atoms with E-state index in [-0.39, 0.29) is 18.1 Å². The largest absolute Gasteiger partial charge is 0.360 e. The smallest absolute Gasteiger partial charge is 0.330 e. The number of nitrogens with one attached hydrogen (secondary N) is 1. The number of aromatic amines is 1. The Morgan fingerprint density at radius 1 is 1.15 bits per heavy atom. The SMILES string of the molecule is Cc1c(CC2CCCCC2)n(COCCc2ccc(F)cc2)c(=O)[nH]c1=O. The summed E-state index contributed by atoms with van der Waals surface area (Å²) < 4.78 is 20.2. The first-order valence-electron chi connectivity index (χ1n) is 9.69. The van der Waals surface area contributed by atoms with Crippen LogP contribution in [0.5, 0.6) is 0 Å². The predicted octanol–water partition coefficient (Wildman–Crippen LogP) is 3.32. The lowest BCUT2D eigenvalue weighted by Gasteiger charge is -2.24. The molecule has 1 aromatic carbocycles. The zero-order chi connectivity index (χ0) is 19.2. The maximum absolute atomic E-state index is 12.9. The lowest BCUT2D eigenvalue weighted by molar-refractivity contribution is 0.0732. The summed E-state index contributed by atoms with van der Waals surface area (Å²) in [6.07, 6.45) is 7.36. The summed E-state index contributed by atoms with van der Waals surface area (Å²) in [6, 6.07) is 6.30. The quantitative estimate of drug-likeness (QED) is 0.756. The average molecular weight is 374 g/mol. The predicted molar refractivity (Wildman–Crippen MR) is 102 cm³/mol. The lowest BCUT2D eigenvalue weighted by atomic mass is 9.85. The summed E-state index contributed by atoms with van der Waals surface area (Å²) in [7, 11) is 0. The molecule has 0 atom stereocenters. The molecule has 1 heterocycles. The molecule has 1 aromatic heterocycles. The van der Waals surface area contributed by atoms with Crippen LogP contribution in [0.2, 0.25) is 0 Å². The molecule has 1 N–H and O–H groups in total. The molecule has 0 bridgehead atoms. The summed E-state index contributed by atoms with van der Waals surface area (Å²) in [5.41, 5.74) is 1.63. The third kappa shape index (κ3) is 5.16. The molecule has 0 spiro atoms. The zero-order valence-corrected chi connectivity index (χ0v) is 15.8. The van der Waals surface area contributed by atoms with E-state index in [1.165, 1.54) is 31.4 Å².